The summed E-state index contributed by atoms with van der Waals surface area (Å²) < 4.78 is 0. The third kappa shape index (κ3) is 5.10. The molecule has 0 amide bonds. The minimum absolute atomic E-state index is 0.132. The van der Waals surface area contributed by atoms with Gasteiger partial charge in [0.25, 0.3) is 0 Å². The van der Waals surface area contributed by atoms with E-state index in [9.17, 15) is 0 Å². The summed E-state index contributed by atoms with van der Waals surface area (Å²) in [6.45, 7) is 4.82. The highest BCUT2D eigenvalue weighted by Gasteiger charge is 2.36. The van der Waals surface area contributed by atoms with Crippen molar-refractivity contribution in [3.63, 3.8) is 0 Å². The number of fused-ring (bicyclic) bond motifs is 4. The minimum atomic E-state index is -0.132. The van der Waals surface area contributed by atoms with Crippen molar-refractivity contribution < 1.29 is 0 Å². The zero-order chi connectivity index (χ0) is 41.6. The molecule has 9 aromatic rings. The number of hydrogen-bond donors (Lipinski definition) is 0. The Bertz CT molecular complexity index is 3690. The first-order valence-electron chi connectivity index (χ1n) is 22.8. The van der Waals surface area contributed by atoms with Crippen molar-refractivity contribution in [2.24, 2.45) is 0 Å². The van der Waals surface area contributed by atoms with E-state index in [0.29, 0.717) is 0 Å². The van der Waals surface area contributed by atoms with Gasteiger partial charge in [-0.1, -0.05) is 166 Å². The van der Waals surface area contributed by atoms with Gasteiger partial charge >= 0.3 is 0 Å². The highest BCUT2D eigenvalue weighted by atomic mass is 14.4. The van der Waals surface area contributed by atoms with Gasteiger partial charge < -0.3 is 0 Å². The number of benzene rings is 9. The first-order valence-corrected chi connectivity index (χ1v) is 22.8. The molecule has 296 valence electrons. The van der Waals surface area contributed by atoms with Gasteiger partial charge in [-0.3, -0.25) is 0 Å². The van der Waals surface area contributed by atoms with E-state index in [-0.39, 0.29) is 5.41 Å². The Kier molecular flexibility index (Phi) is 7.22. The molecule has 0 heterocycles. The van der Waals surface area contributed by atoms with Crippen LogP contribution in [0.25, 0.3) is 111 Å². The first-order chi connectivity index (χ1) is 30.9. The van der Waals surface area contributed by atoms with Gasteiger partial charge in [-0.15, -0.1) is 0 Å². The smallest absolute Gasteiger partial charge is 0.0159 e. The molecule has 0 heteroatoms. The van der Waals surface area contributed by atoms with Gasteiger partial charge in [0.1, 0.15) is 0 Å². The molecule has 63 heavy (non-hydrogen) atoms. The molecule has 0 fully saturated rings. The second-order valence-corrected chi connectivity index (χ2v) is 19.0. The van der Waals surface area contributed by atoms with Crippen LogP contribution in [0.2, 0.25) is 0 Å². The minimum Gasteiger partial charge on any atom is -0.0795 e. The van der Waals surface area contributed by atoms with Gasteiger partial charge in [0.05, 0.1) is 0 Å². The lowest BCUT2D eigenvalue weighted by molar-refractivity contribution is 0.661. The molecule has 9 aromatic carbocycles. The van der Waals surface area contributed by atoms with Gasteiger partial charge in [-0.2, -0.15) is 0 Å². The lowest BCUT2D eigenvalue weighted by Gasteiger charge is -2.25. The van der Waals surface area contributed by atoms with E-state index in [1.165, 1.54) is 144 Å². The molecule has 0 saturated carbocycles. The maximum atomic E-state index is 2.49. The number of rotatable bonds is 4. The van der Waals surface area contributed by atoms with E-state index in [0.717, 1.165) is 25.7 Å². The van der Waals surface area contributed by atoms with Crippen LogP contribution in [0.5, 0.6) is 0 Å². The Labute approximate surface area is 368 Å². The number of hydrogen-bond acceptors (Lipinski definition) is 0. The predicted molar refractivity (Wildman–Crippen MR) is 269 cm³/mol. The van der Waals surface area contributed by atoms with E-state index < -0.39 is 0 Å². The summed E-state index contributed by atoms with van der Waals surface area (Å²) in [4.78, 5) is 0. The molecule has 0 bridgehead atoms. The Hall–Kier alpha value is -7.28. The highest BCUT2D eigenvalue weighted by molar-refractivity contribution is 6.10. The molecule has 5 aliphatic rings. The zero-order valence-corrected chi connectivity index (χ0v) is 35.6. The van der Waals surface area contributed by atoms with Crippen LogP contribution in [-0.4, -0.2) is 0 Å². The summed E-state index contributed by atoms with van der Waals surface area (Å²) in [7, 11) is 0. The van der Waals surface area contributed by atoms with Crippen molar-refractivity contribution in [1.29, 1.82) is 0 Å². The van der Waals surface area contributed by atoms with Crippen molar-refractivity contribution in [3.05, 3.63) is 214 Å². The Morgan fingerprint density at radius 2 is 0.841 bits per heavy atom. The van der Waals surface area contributed by atoms with E-state index >= 15 is 0 Å². The van der Waals surface area contributed by atoms with Crippen molar-refractivity contribution in [3.8, 4) is 55.6 Å². The fraction of sp³-hybridized carbons (Fsp3) is 0.111. The SMILES string of the molecule is CC1(C)c2cc(-c3cccc(-c4ccc5cc(-c6ccc7c8c9c(ccc68)C=CCC9=CC7)ccc5c4)c3)ccc2-c2ccc(-c3ccc4c5c6c(ccc35)C=CCC6=CC4)cc21. The fourth-order valence-corrected chi connectivity index (χ4v) is 12.1. The van der Waals surface area contributed by atoms with Crippen molar-refractivity contribution in [1.82, 2.24) is 0 Å². The number of allylic oxidation sites excluding steroid dienone is 6. The molecule has 0 atom stereocenters. The summed E-state index contributed by atoms with van der Waals surface area (Å²) in [6, 6.07) is 56.3. The average Bonchev–Trinajstić information content (AvgIpc) is 3.56. The largest absolute Gasteiger partial charge is 0.0795 e. The fourth-order valence-electron chi connectivity index (χ4n) is 12.1. The summed E-state index contributed by atoms with van der Waals surface area (Å²) in [5.74, 6) is 0. The van der Waals surface area contributed by atoms with Crippen LogP contribution >= 0.6 is 0 Å². The quantitative estimate of drug-likeness (QED) is 0.166. The van der Waals surface area contributed by atoms with Gasteiger partial charge in [0.2, 0.25) is 0 Å². The molecule has 14 rings (SSSR count). The molecular weight excluding hydrogens is 757 g/mol. The lowest BCUT2D eigenvalue weighted by atomic mass is 9.78. The molecular formula is C63H44. The molecule has 0 unspecified atom stereocenters. The lowest BCUT2D eigenvalue weighted by Crippen LogP contribution is -2.15. The second-order valence-electron chi connectivity index (χ2n) is 19.0. The van der Waals surface area contributed by atoms with Crippen LogP contribution in [0.1, 0.15) is 71.2 Å². The molecule has 0 saturated heterocycles. The van der Waals surface area contributed by atoms with Crippen molar-refractivity contribution in [2.45, 2.75) is 44.9 Å². The Morgan fingerprint density at radius 3 is 1.44 bits per heavy atom. The van der Waals surface area contributed by atoms with Crippen LogP contribution < -0.4 is 0 Å². The predicted octanol–water partition coefficient (Wildman–Crippen LogP) is 16.8. The monoisotopic (exact) mass is 800 g/mol. The summed E-state index contributed by atoms with van der Waals surface area (Å²) in [6.07, 6.45) is 18.2. The third-order valence-corrected chi connectivity index (χ3v) is 15.3. The van der Waals surface area contributed by atoms with E-state index in [1.807, 2.05) is 0 Å². The molecule has 0 N–H and O–H groups in total. The summed E-state index contributed by atoms with van der Waals surface area (Å²) in [5, 5.41) is 8.18. The van der Waals surface area contributed by atoms with Crippen LogP contribution in [0.15, 0.2) is 170 Å². The molecule has 0 spiro atoms. The topological polar surface area (TPSA) is 0 Å². The summed E-state index contributed by atoms with van der Waals surface area (Å²) >= 11 is 0. The molecule has 0 aliphatic heterocycles. The average molecular weight is 801 g/mol. The Balaban J connectivity index is 0.784. The van der Waals surface area contributed by atoms with Crippen LogP contribution in [-0.2, 0) is 18.3 Å². The van der Waals surface area contributed by atoms with Gasteiger partial charge in [-0.25, -0.2) is 0 Å². The van der Waals surface area contributed by atoms with E-state index in [2.05, 4.69) is 196 Å². The second kappa shape index (κ2) is 12.9. The Morgan fingerprint density at radius 1 is 0.381 bits per heavy atom. The van der Waals surface area contributed by atoms with Crippen LogP contribution in [0.3, 0.4) is 0 Å². The molecule has 0 nitrogen and oxygen atoms in total. The van der Waals surface area contributed by atoms with Gasteiger partial charge in [0.15, 0.2) is 0 Å². The van der Waals surface area contributed by atoms with Gasteiger partial charge in [-0.05, 0) is 200 Å². The normalized spacial score (nSPS) is 15.7. The molecule has 5 aliphatic carbocycles. The third-order valence-electron chi connectivity index (χ3n) is 15.3. The van der Waals surface area contributed by atoms with E-state index in [1.54, 1.807) is 0 Å². The van der Waals surface area contributed by atoms with Crippen LogP contribution in [0, 0.1) is 0 Å². The zero-order valence-electron chi connectivity index (χ0n) is 35.6. The van der Waals surface area contributed by atoms with Crippen molar-refractivity contribution in [2.75, 3.05) is 0 Å². The van der Waals surface area contributed by atoms with Gasteiger partial charge in [0, 0.05) is 5.41 Å². The maximum Gasteiger partial charge on any atom is 0.0159 e. The first kappa shape index (κ1) is 35.3. The molecule has 0 radical (unpaired) electrons. The van der Waals surface area contributed by atoms with Crippen LogP contribution in [0.4, 0.5) is 0 Å². The van der Waals surface area contributed by atoms with Crippen molar-refractivity contribution >= 4 is 55.6 Å². The maximum absolute atomic E-state index is 2.49. The molecule has 0 aromatic heterocycles. The highest BCUT2D eigenvalue weighted by Crippen LogP contribution is 2.52. The standard InChI is InChI=1S/C63H44/c1-63(2)57-35-48(24-28-53(57)54-29-25-50(36-58(54)63)52-27-21-42-15-13-38-7-4-9-40-23-31-56(52)62(42)60(38)40)44-11-5-10-43(32-44)45-16-17-47-34-49(19-18-46(47)33-45)51-26-20-41-14-12-37-6-3-8-39-22-30-55(51)61(41)59(37)39/h3-5,8-13,16-36H,6-7,14-15H2,1-2H3. The summed E-state index contributed by atoms with van der Waals surface area (Å²) in [5.41, 5.74) is 27.1. The van der Waals surface area contributed by atoms with E-state index in [4.69, 9.17) is 0 Å².